The van der Waals surface area contributed by atoms with E-state index in [0.29, 0.717) is 18.8 Å². The van der Waals surface area contributed by atoms with Crippen molar-refractivity contribution < 1.29 is 13.9 Å². The van der Waals surface area contributed by atoms with Gasteiger partial charge in [-0.2, -0.15) is 0 Å². The number of aryl methyl sites for hydroxylation is 1. The van der Waals surface area contributed by atoms with Crippen molar-refractivity contribution in [1.82, 2.24) is 9.47 Å². The molecule has 148 valence electrons. The molecule has 2 aromatic carbocycles. The van der Waals surface area contributed by atoms with Crippen LogP contribution in [0.5, 0.6) is 5.75 Å². The number of carbonyl (C=O) groups is 1. The number of furan rings is 1. The molecule has 0 radical (unpaired) electrons. The maximum absolute atomic E-state index is 13.3. The summed E-state index contributed by atoms with van der Waals surface area (Å²) in [4.78, 5) is 15.0. The maximum Gasteiger partial charge on any atom is 0.270 e. The Morgan fingerprint density at radius 2 is 1.86 bits per heavy atom. The number of hydrogen-bond donors (Lipinski definition) is 0. The van der Waals surface area contributed by atoms with Crippen LogP contribution in [0.4, 0.5) is 0 Å². The van der Waals surface area contributed by atoms with Gasteiger partial charge in [-0.15, -0.1) is 0 Å². The number of carbonyl (C=O) groups excluding carboxylic acids is 1. The average molecular weight is 388 g/mol. The second-order valence-corrected chi connectivity index (χ2v) is 7.22. The fourth-order valence-electron chi connectivity index (χ4n) is 3.55. The van der Waals surface area contributed by atoms with Crippen molar-refractivity contribution in [3.63, 3.8) is 0 Å². The smallest absolute Gasteiger partial charge is 0.270 e. The normalized spacial score (nSPS) is 11.0. The van der Waals surface area contributed by atoms with Gasteiger partial charge in [-0.3, -0.25) is 4.79 Å². The molecule has 0 aliphatic rings. The van der Waals surface area contributed by atoms with Crippen LogP contribution in [0.1, 0.15) is 27.2 Å². The van der Waals surface area contributed by atoms with Crippen LogP contribution in [0.2, 0.25) is 0 Å². The van der Waals surface area contributed by atoms with Crippen LogP contribution in [0.25, 0.3) is 11.1 Å². The van der Waals surface area contributed by atoms with E-state index in [1.54, 1.807) is 18.3 Å². The lowest BCUT2D eigenvalue weighted by molar-refractivity contribution is 0.0775. The molecule has 1 amide bonds. The number of ether oxygens (including phenoxy) is 1. The molecule has 0 bridgehead atoms. The van der Waals surface area contributed by atoms with Crippen LogP contribution in [0, 0.1) is 6.92 Å². The first-order valence-corrected chi connectivity index (χ1v) is 9.56. The van der Waals surface area contributed by atoms with Gasteiger partial charge in [-0.25, -0.2) is 0 Å². The molecule has 2 aromatic heterocycles. The molecule has 0 spiro atoms. The van der Waals surface area contributed by atoms with Gasteiger partial charge >= 0.3 is 0 Å². The zero-order valence-corrected chi connectivity index (χ0v) is 16.9. The van der Waals surface area contributed by atoms with Crippen molar-refractivity contribution in [2.45, 2.75) is 20.0 Å². The predicted octanol–water partition coefficient (Wildman–Crippen LogP) is 4.87. The number of aromatic nitrogens is 1. The molecule has 2 heterocycles. The molecule has 0 saturated heterocycles. The zero-order valence-electron chi connectivity index (χ0n) is 16.9. The number of rotatable bonds is 6. The van der Waals surface area contributed by atoms with E-state index in [9.17, 15) is 4.79 Å². The molecular formula is C24H24N2O3. The minimum Gasteiger partial charge on any atom is -0.497 e. The van der Waals surface area contributed by atoms with E-state index in [1.807, 2.05) is 60.1 Å². The van der Waals surface area contributed by atoms with Gasteiger partial charge in [-0.1, -0.05) is 36.4 Å². The lowest BCUT2D eigenvalue weighted by atomic mass is 10.1. The van der Waals surface area contributed by atoms with Gasteiger partial charge in [0.05, 0.1) is 18.9 Å². The Bertz CT molecular complexity index is 1140. The fraction of sp³-hybridized carbons (Fsp3) is 0.208. The number of fused-ring (bicyclic) bond motifs is 1. The lowest BCUT2D eigenvalue weighted by Gasteiger charge is -2.19. The number of methoxy groups -OCH3 is 1. The molecule has 0 unspecified atom stereocenters. The summed E-state index contributed by atoms with van der Waals surface area (Å²) in [6, 6.07) is 19.7. The Hall–Kier alpha value is -3.47. The summed E-state index contributed by atoms with van der Waals surface area (Å²) in [5.74, 6) is 0.760. The highest BCUT2D eigenvalue weighted by molar-refractivity contribution is 5.97. The summed E-state index contributed by atoms with van der Waals surface area (Å²) >= 11 is 0. The first kappa shape index (κ1) is 18.9. The molecule has 29 heavy (non-hydrogen) atoms. The van der Waals surface area contributed by atoms with E-state index in [1.165, 1.54) is 11.1 Å². The van der Waals surface area contributed by atoms with Crippen molar-refractivity contribution >= 4 is 17.0 Å². The molecule has 4 rings (SSSR count). The second kappa shape index (κ2) is 7.87. The Kier molecular flexibility index (Phi) is 5.12. The Labute approximate surface area is 170 Å². The molecule has 4 aromatic rings. The monoisotopic (exact) mass is 388 g/mol. The Balaban J connectivity index is 1.63. The van der Waals surface area contributed by atoms with E-state index in [-0.39, 0.29) is 5.91 Å². The van der Waals surface area contributed by atoms with Crippen molar-refractivity contribution in [2.75, 3.05) is 14.2 Å². The van der Waals surface area contributed by atoms with E-state index in [0.717, 1.165) is 22.4 Å². The number of amides is 1. The largest absolute Gasteiger partial charge is 0.497 e. The van der Waals surface area contributed by atoms with Crippen LogP contribution in [-0.4, -0.2) is 29.5 Å². The van der Waals surface area contributed by atoms with Crippen LogP contribution in [0.3, 0.4) is 0 Å². The minimum absolute atomic E-state index is 0.0409. The lowest BCUT2D eigenvalue weighted by Crippen LogP contribution is -2.28. The quantitative estimate of drug-likeness (QED) is 0.473. The maximum atomic E-state index is 13.3. The SMILES string of the molecule is COc1ccc(CN(C)C(=O)c2cc3occc3n2Cc2ccccc2C)cc1. The van der Waals surface area contributed by atoms with E-state index in [2.05, 4.69) is 19.1 Å². The Morgan fingerprint density at radius 1 is 1.10 bits per heavy atom. The highest BCUT2D eigenvalue weighted by Crippen LogP contribution is 2.25. The van der Waals surface area contributed by atoms with Crippen molar-refractivity contribution in [3.05, 3.63) is 89.3 Å². The van der Waals surface area contributed by atoms with Gasteiger partial charge < -0.3 is 18.6 Å². The number of benzene rings is 2. The van der Waals surface area contributed by atoms with E-state index >= 15 is 0 Å². The third-order valence-corrected chi connectivity index (χ3v) is 5.26. The first-order chi connectivity index (χ1) is 14.1. The molecular weight excluding hydrogens is 364 g/mol. The summed E-state index contributed by atoms with van der Waals surface area (Å²) in [5, 5.41) is 0. The molecule has 0 atom stereocenters. The third-order valence-electron chi connectivity index (χ3n) is 5.26. The van der Waals surface area contributed by atoms with Crippen LogP contribution < -0.4 is 4.74 Å². The second-order valence-electron chi connectivity index (χ2n) is 7.22. The summed E-state index contributed by atoms with van der Waals surface area (Å²) < 4.78 is 12.8. The highest BCUT2D eigenvalue weighted by Gasteiger charge is 2.21. The predicted molar refractivity (Wildman–Crippen MR) is 113 cm³/mol. The van der Waals surface area contributed by atoms with Crippen LogP contribution >= 0.6 is 0 Å². The summed E-state index contributed by atoms with van der Waals surface area (Å²) in [5.41, 5.74) is 5.69. The summed E-state index contributed by atoms with van der Waals surface area (Å²) in [7, 11) is 3.46. The zero-order chi connectivity index (χ0) is 20.4. The summed E-state index contributed by atoms with van der Waals surface area (Å²) in [6.07, 6.45) is 1.66. The third kappa shape index (κ3) is 3.76. The average Bonchev–Trinajstić information content (AvgIpc) is 3.32. The number of nitrogens with zero attached hydrogens (tertiary/aromatic N) is 2. The first-order valence-electron chi connectivity index (χ1n) is 9.56. The van der Waals surface area contributed by atoms with Crippen molar-refractivity contribution in [2.24, 2.45) is 0 Å². The van der Waals surface area contributed by atoms with E-state index in [4.69, 9.17) is 9.15 Å². The van der Waals surface area contributed by atoms with Crippen LogP contribution in [0.15, 0.2) is 71.3 Å². The Morgan fingerprint density at radius 3 is 2.59 bits per heavy atom. The van der Waals surface area contributed by atoms with Crippen LogP contribution in [-0.2, 0) is 13.1 Å². The molecule has 0 N–H and O–H groups in total. The van der Waals surface area contributed by atoms with E-state index < -0.39 is 0 Å². The standard InChI is InChI=1S/C24H24N2O3/c1-17-6-4-5-7-19(17)16-26-21-12-13-29-23(21)14-22(26)24(27)25(2)15-18-8-10-20(28-3)11-9-18/h4-14H,15-16H2,1-3H3. The van der Waals surface area contributed by atoms with Gasteiger partial charge in [0.1, 0.15) is 11.4 Å². The van der Waals surface area contributed by atoms with Gasteiger partial charge in [-0.05, 0) is 35.7 Å². The minimum atomic E-state index is -0.0409. The molecule has 5 nitrogen and oxygen atoms in total. The van der Waals surface area contributed by atoms with Crippen molar-refractivity contribution in [1.29, 1.82) is 0 Å². The molecule has 5 heteroatoms. The number of hydrogen-bond acceptors (Lipinski definition) is 3. The fourth-order valence-corrected chi connectivity index (χ4v) is 3.55. The highest BCUT2D eigenvalue weighted by atomic mass is 16.5. The molecule has 0 aliphatic heterocycles. The molecule has 0 saturated carbocycles. The van der Waals surface area contributed by atoms with Gasteiger partial charge in [0, 0.05) is 32.3 Å². The topological polar surface area (TPSA) is 47.6 Å². The molecule has 0 aliphatic carbocycles. The van der Waals surface area contributed by atoms with Crippen molar-refractivity contribution in [3.8, 4) is 5.75 Å². The summed E-state index contributed by atoms with van der Waals surface area (Å²) in [6.45, 7) is 3.22. The van der Waals surface area contributed by atoms with Gasteiger partial charge in [0.2, 0.25) is 0 Å². The van der Waals surface area contributed by atoms with Gasteiger partial charge in [0.25, 0.3) is 5.91 Å². The molecule has 0 fully saturated rings. The van der Waals surface area contributed by atoms with Gasteiger partial charge in [0.15, 0.2) is 5.58 Å².